The lowest BCUT2D eigenvalue weighted by molar-refractivity contribution is 0.331. The van der Waals surface area contributed by atoms with Gasteiger partial charge in [-0.2, -0.15) is 5.90 Å². The zero-order chi connectivity index (χ0) is 8.27. The Morgan fingerprint density at radius 3 is 2.73 bits per heavy atom. The molecule has 0 aromatic heterocycles. The molecular weight excluding hydrogens is 138 g/mol. The number of hydrogen-bond acceptors (Lipinski definition) is 2. The van der Waals surface area contributed by atoms with Crippen LogP contribution in [0.1, 0.15) is 11.1 Å². The minimum atomic E-state index is 0.697. The van der Waals surface area contributed by atoms with Crippen molar-refractivity contribution in [3.63, 3.8) is 0 Å². The second-order valence-electron chi connectivity index (χ2n) is 2.32. The van der Waals surface area contributed by atoms with Gasteiger partial charge in [0.1, 0.15) is 0 Å². The summed E-state index contributed by atoms with van der Waals surface area (Å²) in [7, 11) is 0. The lowest BCUT2D eigenvalue weighted by atomic mass is 10.1. The Morgan fingerprint density at radius 2 is 2.27 bits per heavy atom. The summed E-state index contributed by atoms with van der Waals surface area (Å²) in [6.07, 6.45) is 1.72. The standard InChI is InChI=1S/C9H11NO/c1-3-8-6-4-5-7(2)9(8)11-10/h3-6H,1,10H2,2H3. The molecule has 2 N–H and O–H groups in total. The van der Waals surface area contributed by atoms with E-state index in [0.29, 0.717) is 5.75 Å². The molecule has 1 aromatic rings. The average Bonchev–Trinajstić information content (AvgIpc) is 2.04. The van der Waals surface area contributed by atoms with Crippen LogP contribution in [0, 0.1) is 6.92 Å². The van der Waals surface area contributed by atoms with Crippen LogP contribution in [0.2, 0.25) is 0 Å². The summed E-state index contributed by atoms with van der Waals surface area (Å²) in [5, 5.41) is 0. The van der Waals surface area contributed by atoms with Gasteiger partial charge in [-0.05, 0) is 12.5 Å². The summed E-state index contributed by atoms with van der Waals surface area (Å²) in [5.41, 5.74) is 1.94. The number of nitrogens with two attached hydrogens (primary N) is 1. The maximum Gasteiger partial charge on any atom is 0.156 e. The van der Waals surface area contributed by atoms with Gasteiger partial charge in [-0.1, -0.05) is 30.9 Å². The number of para-hydroxylation sites is 1. The fourth-order valence-electron chi connectivity index (χ4n) is 0.997. The maximum atomic E-state index is 5.08. The third-order valence-corrected chi connectivity index (χ3v) is 1.58. The van der Waals surface area contributed by atoms with E-state index in [2.05, 4.69) is 6.58 Å². The molecule has 0 amide bonds. The molecule has 0 spiro atoms. The third kappa shape index (κ3) is 1.41. The highest BCUT2D eigenvalue weighted by molar-refractivity contribution is 5.58. The molecule has 2 nitrogen and oxygen atoms in total. The van der Waals surface area contributed by atoms with E-state index in [1.54, 1.807) is 6.08 Å². The van der Waals surface area contributed by atoms with Gasteiger partial charge in [0.2, 0.25) is 0 Å². The van der Waals surface area contributed by atoms with Gasteiger partial charge in [0.15, 0.2) is 5.75 Å². The average molecular weight is 149 g/mol. The highest BCUT2D eigenvalue weighted by Crippen LogP contribution is 2.22. The molecule has 11 heavy (non-hydrogen) atoms. The van der Waals surface area contributed by atoms with Crippen molar-refractivity contribution < 1.29 is 4.84 Å². The van der Waals surface area contributed by atoms with E-state index >= 15 is 0 Å². The molecule has 0 unspecified atom stereocenters. The van der Waals surface area contributed by atoms with Crippen molar-refractivity contribution in [1.82, 2.24) is 0 Å². The van der Waals surface area contributed by atoms with Crippen LogP contribution in [0.3, 0.4) is 0 Å². The highest BCUT2D eigenvalue weighted by atomic mass is 16.6. The van der Waals surface area contributed by atoms with Crippen molar-refractivity contribution in [2.75, 3.05) is 0 Å². The summed E-state index contributed by atoms with van der Waals surface area (Å²) < 4.78 is 0. The van der Waals surface area contributed by atoms with E-state index in [4.69, 9.17) is 10.7 Å². The van der Waals surface area contributed by atoms with Crippen LogP contribution in [0.15, 0.2) is 24.8 Å². The van der Waals surface area contributed by atoms with Crippen molar-refractivity contribution >= 4 is 6.08 Å². The summed E-state index contributed by atoms with van der Waals surface area (Å²) in [5.74, 6) is 5.78. The monoisotopic (exact) mass is 149 g/mol. The Kier molecular flexibility index (Phi) is 2.28. The van der Waals surface area contributed by atoms with Crippen molar-refractivity contribution in [3.8, 4) is 5.75 Å². The molecule has 1 rings (SSSR count). The van der Waals surface area contributed by atoms with Crippen LogP contribution >= 0.6 is 0 Å². The van der Waals surface area contributed by atoms with E-state index in [0.717, 1.165) is 11.1 Å². The molecule has 0 saturated carbocycles. The lowest BCUT2D eigenvalue weighted by Gasteiger charge is -2.05. The van der Waals surface area contributed by atoms with Gasteiger partial charge in [0.25, 0.3) is 0 Å². The first-order chi connectivity index (χ1) is 5.29. The minimum Gasteiger partial charge on any atom is -0.411 e. The van der Waals surface area contributed by atoms with E-state index in [1.807, 2.05) is 25.1 Å². The zero-order valence-corrected chi connectivity index (χ0v) is 6.50. The fourth-order valence-corrected chi connectivity index (χ4v) is 0.997. The number of benzene rings is 1. The molecule has 0 aliphatic heterocycles. The van der Waals surface area contributed by atoms with E-state index in [-0.39, 0.29) is 0 Å². The van der Waals surface area contributed by atoms with Crippen LogP contribution in [0.5, 0.6) is 5.75 Å². The topological polar surface area (TPSA) is 35.2 Å². The Balaban J connectivity index is 3.23. The molecule has 0 heterocycles. The van der Waals surface area contributed by atoms with E-state index in [1.165, 1.54) is 0 Å². The molecule has 58 valence electrons. The molecule has 0 fully saturated rings. The van der Waals surface area contributed by atoms with Crippen LogP contribution < -0.4 is 10.7 Å². The largest absolute Gasteiger partial charge is 0.411 e. The van der Waals surface area contributed by atoms with Gasteiger partial charge in [-0.15, -0.1) is 0 Å². The van der Waals surface area contributed by atoms with Crippen molar-refractivity contribution in [1.29, 1.82) is 0 Å². The third-order valence-electron chi connectivity index (χ3n) is 1.58. The Bertz CT molecular complexity index is 268. The van der Waals surface area contributed by atoms with Crippen LogP contribution in [0.25, 0.3) is 6.08 Å². The van der Waals surface area contributed by atoms with Crippen molar-refractivity contribution in [2.45, 2.75) is 6.92 Å². The number of hydrogen-bond donors (Lipinski definition) is 1. The molecule has 0 saturated heterocycles. The number of rotatable bonds is 2. The molecule has 0 atom stereocenters. The number of aryl methyl sites for hydroxylation is 1. The molecule has 1 aromatic carbocycles. The van der Waals surface area contributed by atoms with Crippen molar-refractivity contribution in [3.05, 3.63) is 35.9 Å². The second kappa shape index (κ2) is 3.21. The Labute approximate surface area is 66.2 Å². The van der Waals surface area contributed by atoms with Gasteiger partial charge < -0.3 is 4.84 Å². The second-order valence-corrected chi connectivity index (χ2v) is 2.32. The summed E-state index contributed by atoms with van der Waals surface area (Å²) in [6, 6.07) is 5.78. The first-order valence-corrected chi connectivity index (χ1v) is 3.38. The molecule has 0 radical (unpaired) electrons. The molecule has 0 aliphatic carbocycles. The van der Waals surface area contributed by atoms with Crippen LogP contribution in [-0.4, -0.2) is 0 Å². The van der Waals surface area contributed by atoms with Gasteiger partial charge in [0.05, 0.1) is 0 Å². The Morgan fingerprint density at radius 1 is 1.55 bits per heavy atom. The van der Waals surface area contributed by atoms with Crippen molar-refractivity contribution in [2.24, 2.45) is 5.90 Å². The van der Waals surface area contributed by atoms with E-state index < -0.39 is 0 Å². The highest BCUT2D eigenvalue weighted by Gasteiger charge is 2.01. The smallest absolute Gasteiger partial charge is 0.156 e. The van der Waals surface area contributed by atoms with E-state index in [9.17, 15) is 0 Å². The summed E-state index contributed by atoms with van der Waals surface area (Å²) in [6.45, 7) is 5.58. The normalized spacial score (nSPS) is 9.27. The first kappa shape index (κ1) is 7.82. The molecule has 0 bridgehead atoms. The zero-order valence-electron chi connectivity index (χ0n) is 6.50. The first-order valence-electron chi connectivity index (χ1n) is 3.38. The SMILES string of the molecule is C=Cc1cccc(C)c1ON. The summed E-state index contributed by atoms with van der Waals surface area (Å²) in [4.78, 5) is 4.70. The quantitative estimate of drug-likeness (QED) is 0.652. The fraction of sp³-hybridized carbons (Fsp3) is 0.111. The van der Waals surface area contributed by atoms with Crippen LogP contribution in [0.4, 0.5) is 0 Å². The van der Waals surface area contributed by atoms with Crippen LogP contribution in [-0.2, 0) is 0 Å². The lowest BCUT2D eigenvalue weighted by Crippen LogP contribution is -2.04. The van der Waals surface area contributed by atoms with Gasteiger partial charge in [-0.25, -0.2) is 0 Å². The van der Waals surface area contributed by atoms with Gasteiger partial charge in [-0.3, -0.25) is 0 Å². The molecule has 0 aliphatic rings. The maximum absolute atomic E-state index is 5.08. The predicted molar refractivity (Wildman–Crippen MR) is 46.1 cm³/mol. The van der Waals surface area contributed by atoms with Gasteiger partial charge in [0, 0.05) is 5.56 Å². The summed E-state index contributed by atoms with van der Waals surface area (Å²) >= 11 is 0. The predicted octanol–water partition coefficient (Wildman–Crippen LogP) is 1.89. The molecule has 2 heteroatoms. The van der Waals surface area contributed by atoms with Gasteiger partial charge >= 0.3 is 0 Å². The minimum absolute atomic E-state index is 0.697. The molecular formula is C9H11NO. The Hall–Kier alpha value is -1.28.